The minimum Gasteiger partial charge on any atom is -0.493 e. The molecule has 0 unspecified atom stereocenters. The quantitative estimate of drug-likeness (QED) is 0.653. The molecule has 3 aliphatic rings. The summed E-state index contributed by atoms with van der Waals surface area (Å²) in [6, 6.07) is 14.3. The molecule has 5 nitrogen and oxygen atoms in total. The van der Waals surface area contributed by atoms with Crippen molar-refractivity contribution in [3.8, 4) is 11.5 Å². The average Bonchev–Trinajstić information content (AvgIpc) is 3.39. The van der Waals surface area contributed by atoms with Crippen LogP contribution in [0.1, 0.15) is 43.4 Å². The van der Waals surface area contributed by atoms with Crippen molar-refractivity contribution in [3.63, 3.8) is 0 Å². The summed E-state index contributed by atoms with van der Waals surface area (Å²) in [5, 5.41) is 0.717. The Balaban J connectivity index is 1.41. The second-order valence-corrected chi connectivity index (χ2v) is 9.26. The third-order valence-corrected chi connectivity index (χ3v) is 7.50. The number of hydrogen-bond donors (Lipinski definition) is 0. The van der Waals surface area contributed by atoms with E-state index in [1.54, 1.807) is 7.11 Å². The number of ether oxygens (including phenoxy) is 2. The van der Waals surface area contributed by atoms with Gasteiger partial charge in [0.05, 0.1) is 13.7 Å². The smallest absolute Gasteiger partial charge is 0.243 e. The van der Waals surface area contributed by atoms with Gasteiger partial charge in [-0.2, -0.15) is 0 Å². The molecule has 1 spiro atoms. The van der Waals surface area contributed by atoms with Gasteiger partial charge in [0.15, 0.2) is 11.5 Å². The molecule has 3 aliphatic heterocycles. The molecule has 1 amide bonds. The lowest BCUT2D eigenvalue weighted by molar-refractivity contribution is -0.137. The highest BCUT2D eigenvalue weighted by atomic mass is 35.5. The summed E-state index contributed by atoms with van der Waals surface area (Å²) in [5.41, 5.74) is 1.96. The van der Waals surface area contributed by atoms with Crippen molar-refractivity contribution in [3.05, 3.63) is 58.6 Å². The first-order chi connectivity index (χ1) is 15.1. The van der Waals surface area contributed by atoms with Crippen molar-refractivity contribution in [2.75, 3.05) is 26.8 Å². The average molecular weight is 441 g/mol. The maximum atomic E-state index is 13.7. The first-order valence-electron chi connectivity index (χ1n) is 11.2. The largest absolute Gasteiger partial charge is 0.493 e. The Morgan fingerprint density at radius 3 is 2.84 bits per heavy atom. The van der Waals surface area contributed by atoms with E-state index < -0.39 is 0 Å². The summed E-state index contributed by atoms with van der Waals surface area (Å²) < 4.78 is 11.3. The van der Waals surface area contributed by atoms with Crippen LogP contribution in [0.15, 0.2) is 42.5 Å². The molecule has 164 valence electrons. The second kappa shape index (κ2) is 8.03. The Kier molecular flexibility index (Phi) is 5.35. The van der Waals surface area contributed by atoms with E-state index in [9.17, 15) is 4.79 Å². The summed E-state index contributed by atoms with van der Waals surface area (Å²) >= 11 is 6.16. The number of halogens is 1. The topological polar surface area (TPSA) is 42.0 Å². The van der Waals surface area contributed by atoms with Gasteiger partial charge in [-0.05, 0) is 68.1 Å². The van der Waals surface area contributed by atoms with Crippen LogP contribution in [0.2, 0.25) is 5.02 Å². The van der Waals surface area contributed by atoms with Gasteiger partial charge in [0.1, 0.15) is 5.54 Å². The van der Waals surface area contributed by atoms with Crippen LogP contribution in [0.3, 0.4) is 0 Å². The molecule has 0 saturated carbocycles. The number of carbonyl (C=O) groups is 1. The normalized spacial score (nSPS) is 27.5. The van der Waals surface area contributed by atoms with Gasteiger partial charge in [0.25, 0.3) is 0 Å². The SMILES string of the molecule is CCOc1cc([C@@H]2C[C@H]3CN(Cc4cccc(Cl)c4)C(=O)[C@]34CCCN24)ccc1OC. The van der Waals surface area contributed by atoms with Crippen LogP contribution < -0.4 is 9.47 Å². The van der Waals surface area contributed by atoms with Crippen LogP contribution in [0.25, 0.3) is 0 Å². The van der Waals surface area contributed by atoms with Gasteiger partial charge in [-0.25, -0.2) is 0 Å². The molecule has 3 fully saturated rings. The van der Waals surface area contributed by atoms with E-state index in [1.165, 1.54) is 5.56 Å². The van der Waals surface area contributed by atoms with E-state index in [4.69, 9.17) is 21.1 Å². The summed E-state index contributed by atoms with van der Waals surface area (Å²) in [7, 11) is 1.67. The molecule has 3 saturated heterocycles. The first kappa shape index (κ1) is 20.7. The standard InChI is InChI=1S/C25H29ClN2O3/c1-3-31-23-13-18(8-9-22(23)30-2)21-14-19-16-27(15-17-6-4-7-20(26)12-17)24(29)25(19)10-5-11-28(21)25/h4,6-9,12-13,19,21H,3,5,10-11,14-16H2,1-2H3/t19-,21-,25-/m0/s1. The highest BCUT2D eigenvalue weighted by Crippen LogP contribution is 2.56. The Morgan fingerprint density at radius 1 is 1.19 bits per heavy atom. The van der Waals surface area contributed by atoms with Crippen molar-refractivity contribution in [2.24, 2.45) is 5.92 Å². The highest BCUT2D eigenvalue weighted by Gasteiger charge is 2.65. The minimum absolute atomic E-state index is 0.245. The fourth-order valence-corrected chi connectivity index (χ4v) is 6.27. The first-order valence-corrected chi connectivity index (χ1v) is 11.6. The van der Waals surface area contributed by atoms with Crippen molar-refractivity contribution in [1.82, 2.24) is 9.80 Å². The number of rotatable bonds is 6. The van der Waals surface area contributed by atoms with Crippen LogP contribution >= 0.6 is 11.6 Å². The van der Waals surface area contributed by atoms with Crippen molar-refractivity contribution in [2.45, 2.75) is 44.3 Å². The van der Waals surface area contributed by atoms with Crippen LogP contribution in [-0.4, -0.2) is 48.1 Å². The lowest BCUT2D eigenvalue weighted by Gasteiger charge is -2.34. The molecular weight excluding hydrogens is 412 g/mol. The molecule has 5 rings (SSSR count). The molecule has 2 aromatic carbocycles. The highest BCUT2D eigenvalue weighted by molar-refractivity contribution is 6.30. The van der Waals surface area contributed by atoms with Crippen LogP contribution in [0.5, 0.6) is 11.5 Å². The van der Waals surface area contributed by atoms with E-state index in [0.717, 1.165) is 54.4 Å². The number of nitrogens with zero attached hydrogens (tertiary/aromatic N) is 2. The Bertz CT molecular complexity index is 996. The van der Waals surface area contributed by atoms with Gasteiger partial charge in [0, 0.05) is 30.1 Å². The number of amides is 1. The van der Waals surface area contributed by atoms with Crippen molar-refractivity contribution in [1.29, 1.82) is 0 Å². The van der Waals surface area contributed by atoms with E-state index in [1.807, 2.05) is 42.2 Å². The molecule has 3 heterocycles. The molecule has 0 aliphatic carbocycles. The molecule has 2 aromatic rings. The predicted octanol–water partition coefficient (Wildman–Crippen LogP) is 4.69. The molecule has 0 aromatic heterocycles. The van der Waals surface area contributed by atoms with Gasteiger partial charge < -0.3 is 14.4 Å². The zero-order valence-electron chi connectivity index (χ0n) is 18.1. The van der Waals surface area contributed by atoms with Gasteiger partial charge in [-0.15, -0.1) is 0 Å². The van der Waals surface area contributed by atoms with Crippen molar-refractivity contribution < 1.29 is 14.3 Å². The van der Waals surface area contributed by atoms with Gasteiger partial charge in [-0.1, -0.05) is 29.8 Å². The van der Waals surface area contributed by atoms with Crippen LogP contribution in [-0.2, 0) is 11.3 Å². The number of carbonyl (C=O) groups excluding carboxylic acids is 1. The lowest BCUT2D eigenvalue weighted by Crippen LogP contribution is -2.49. The summed E-state index contributed by atoms with van der Waals surface area (Å²) in [4.78, 5) is 18.3. The number of hydrogen-bond acceptors (Lipinski definition) is 4. The van der Waals surface area contributed by atoms with Crippen molar-refractivity contribution >= 4 is 17.5 Å². The number of likely N-dealkylation sites (tertiary alicyclic amines) is 1. The Labute approximate surface area is 188 Å². The van der Waals surface area contributed by atoms with Gasteiger partial charge in [-0.3, -0.25) is 9.69 Å². The maximum absolute atomic E-state index is 13.7. The maximum Gasteiger partial charge on any atom is 0.243 e. The summed E-state index contributed by atoms with van der Waals surface area (Å²) in [6.07, 6.45) is 3.02. The molecule has 0 bridgehead atoms. The molecule has 3 atom stereocenters. The van der Waals surface area contributed by atoms with E-state index in [2.05, 4.69) is 17.0 Å². The minimum atomic E-state index is -0.352. The number of benzene rings is 2. The van der Waals surface area contributed by atoms with Crippen LogP contribution in [0.4, 0.5) is 0 Å². The Hall–Kier alpha value is -2.24. The summed E-state index contributed by atoms with van der Waals surface area (Å²) in [6.45, 7) is 4.99. The van der Waals surface area contributed by atoms with Gasteiger partial charge >= 0.3 is 0 Å². The zero-order chi connectivity index (χ0) is 21.6. The molecule has 0 radical (unpaired) electrons. The number of methoxy groups -OCH3 is 1. The Morgan fingerprint density at radius 2 is 2.06 bits per heavy atom. The second-order valence-electron chi connectivity index (χ2n) is 8.83. The third-order valence-electron chi connectivity index (χ3n) is 7.26. The van der Waals surface area contributed by atoms with E-state index >= 15 is 0 Å². The predicted molar refractivity (Wildman–Crippen MR) is 121 cm³/mol. The van der Waals surface area contributed by atoms with Gasteiger partial charge in [0.2, 0.25) is 5.91 Å². The molecular formula is C25H29ClN2O3. The van der Waals surface area contributed by atoms with E-state index in [-0.39, 0.29) is 17.5 Å². The third kappa shape index (κ3) is 3.30. The lowest BCUT2D eigenvalue weighted by atomic mass is 9.85. The fourth-order valence-electron chi connectivity index (χ4n) is 6.06. The fraction of sp³-hybridized carbons (Fsp3) is 0.480. The molecule has 0 N–H and O–H groups in total. The summed E-state index contributed by atoms with van der Waals surface area (Å²) in [5.74, 6) is 2.17. The van der Waals surface area contributed by atoms with Crippen LogP contribution in [0, 0.1) is 5.92 Å². The monoisotopic (exact) mass is 440 g/mol. The molecule has 6 heteroatoms. The molecule has 31 heavy (non-hydrogen) atoms. The van der Waals surface area contributed by atoms with E-state index in [0.29, 0.717) is 19.1 Å². The zero-order valence-corrected chi connectivity index (χ0v) is 18.9.